The lowest BCUT2D eigenvalue weighted by Crippen LogP contribution is -2.64. The van der Waals surface area contributed by atoms with Gasteiger partial charge in [0.2, 0.25) is 0 Å². The van der Waals surface area contributed by atoms with E-state index in [0.29, 0.717) is 24.7 Å². The molecule has 2 bridgehead atoms. The van der Waals surface area contributed by atoms with Crippen LogP contribution in [0.15, 0.2) is 11.6 Å². The molecule has 0 radical (unpaired) electrons. The van der Waals surface area contributed by atoms with E-state index < -0.39 is 17.6 Å². The van der Waals surface area contributed by atoms with Crippen LogP contribution in [0.3, 0.4) is 0 Å². The minimum atomic E-state index is -0.541. The smallest absolute Gasteiger partial charge is 0.302 e. The fourth-order valence-corrected chi connectivity index (χ4v) is 7.62. The largest absolute Gasteiger partial charge is 0.465 e. The summed E-state index contributed by atoms with van der Waals surface area (Å²) in [6.45, 7) is 6.07. The molecule has 8 atom stereocenters. The molecule has 0 heterocycles. The highest BCUT2D eigenvalue weighted by Gasteiger charge is 2.67. The predicted octanol–water partition coefficient (Wildman–Crippen LogP) is 2.43. The van der Waals surface area contributed by atoms with Crippen molar-refractivity contribution in [1.29, 1.82) is 0 Å². The van der Waals surface area contributed by atoms with Crippen LogP contribution in [-0.4, -0.2) is 46.7 Å². The van der Waals surface area contributed by atoms with Gasteiger partial charge in [-0.15, -0.1) is 0 Å². The van der Waals surface area contributed by atoms with Gasteiger partial charge in [0.05, 0.1) is 25.4 Å². The Morgan fingerprint density at radius 3 is 2.59 bits per heavy atom. The summed E-state index contributed by atoms with van der Waals surface area (Å²) >= 11 is 0. The van der Waals surface area contributed by atoms with E-state index in [-0.39, 0.29) is 35.9 Å². The number of carbonyl (C=O) groups excluding carboxylic acids is 1. The molecular weight excluding hydrogens is 344 g/mol. The lowest BCUT2D eigenvalue weighted by Gasteiger charge is -2.66. The van der Waals surface area contributed by atoms with Crippen molar-refractivity contribution in [3.05, 3.63) is 11.6 Å². The number of fused-ring (bicyclic) bond motifs is 3. The highest BCUT2D eigenvalue weighted by molar-refractivity contribution is 5.65. The molecule has 0 amide bonds. The summed E-state index contributed by atoms with van der Waals surface area (Å²) in [6.07, 6.45) is 6.52. The van der Waals surface area contributed by atoms with Crippen LogP contribution in [0.25, 0.3) is 0 Å². The first kappa shape index (κ1) is 19.4. The second-order valence-corrected chi connectivity index (χ2v) is 10.2. The Morgan fingerprint density at radius 2 is 1.93 bits per heavy atom. The van der Waals surface area contributed by atoms with Crippen LogP contribution in [0.1, 0.15) is 59.3 Å². The maximum absolute atomic E-state index is 11.5. The summed E-state index contributed by atoms with van der Waals surface area (Å²) in [5.74, 6) is 0.517. The Balaban J connectivity index is 1.73. The number of aliphatic hydroxyl groups is 3. The van der Waals surface area contributed by atoms with Crippen LogP contribution in [0.4, 0.5) is 0 Å². The topological polar surface area (TPSA) is 87.0 Å². The summed E-state index contributed by atoms with van der Waals surface area (Å²) in [4.78, 5) is 11.5. The van der Waals surface area contributed by atoms with E-state index in [9.17, 15) is 20.1 Å². The van der Waals surface area contributed by atoms with Crippen LogP contribution in [0.2, 0.25) is 0 Å². The normalized spacial score (nSPS) is 51.2. The molecule has 1 spiro atoms. The molecule has 27 heavy (non-hydrogen) atoms. The molecule has 5 nitrogen and oxygen atoms in total. The van der Waals surface area contributed by atoms with E-state index in [1.165, 1.54) is 6.92 Å². The van der Waals surface area contributed by atoms with Crippen molar-refractivity contribution in [2.45, 2.75) is 71.5 Å². The summed E-state index contributed by atoms with van der Waals surface area (Å²) in [7, 11) is 0. The molecule has 152 valence electrons. The second-order valence-electron chi connectivity index (χ2n) is 10.2. The van der Waals surface area contributed by atoms with Crippen molar-refractivity contribution in [3.8, 4) is 0 Å². The molecule has 0 aromatic rings. The predicted molar refractivity (Wildman–Crippen MR) is 101 cm³/mol. The number of carbonyl (C=O) groups is 1. The number of aliphatic hydroxyl groups excluding tert-OH is 3. The average molecular weight is 379 g/mol. The van der Waals surface area contributed by atoms with Crippen molar-refractivity contribution < 1.29 is 24.9 Å². The number of hydrogen-bond donors (Lipinski definition) is 3. The highest BCUT2D eigenvalue weighted by Crippen LogP contribution is 2.70. The fourth-order valence-electron chi connectivity index (χ4n) is 7.62. The monoisotopic (exact) mass is 378 g/mol. The van der Waals surface area contributed by atoms with E-state index in [1.54, 1.807) is 0 Å². The van der Waals surface area contributed by atoms with Crippen molar-refractivity contribution in [1.82, 2.24) is 0 Å². The first-order chi connectivity index (χ1) is 12.7. The molecule has 4 aliphatic carbocycles. The number of rotatable bonds is 3. The number of esters is 1. The van der Waals surface area contributed by atoms with Gasteiger partial charge >= 0.3 is 5.97 Å². The molecule has 0 aromatic carbocycles. The second kappa shape index (κ2) is 6.30. The number of hydrogen-bond acceptors (Lipinski definition) is 5. The molecule has 0 unspecified atom stereocenters. The fraction of sp³-hybridized carbons (Fsp3) is 0.864. The summed E-state index contributed by atoms with van der Waals surface area (Å²) < 4.78 is 5.39. The van der Waals surface area contributed by atoms with Crippen molar-refractivity contribution in [2.24, 2.45) is 34.0 Å². The Labute approximate surface area is 161 Å². The third-order valence-corrected chi connectivity index (χ3v) is 8.99. The van der Waals surface area contributed by atoms with Gasteiger partial charge in [-0.3, -0.25) is 4.79 Å². The Kier molecular flexibility index (Phi) is 4.53. The summed E-state index contributed by atoms with van der Waals surface area (Å²) in [6, 6.07) is 0. The Morgan fingerprint density at radius 1 is 1.19 bits per heavy atom. The van der Waals surface area contributed by atoms with Gasteiger partial charge in [-0.2, -0.15) is 0 Å². The van der Waals surface area contributed by atoms with Crippen LogP contribution in [0.5, 0.6) is 0 Å². The molecule has 3 N–H and O–H groups in total. The van der Waals surface area contributed by atoms with E-state index in [1.807, 2.05) is 6.92 Å². The van der Waals surface area contributed by atoms with Gasteiger partial charge in [0, 0.05) is 17.8 Å². The van der Waals surface area contributed by atoms with E-state index in [2.05, 4.69) is 13.0 Å². The van der Waals surface area contributed by atoms with Gasteiger partial charge in [0.25, 0.3) is 0 Å². The van der Waals surface area contributed by atoms with Gasteiger partial charge in [0.15, 0.2) is 0 Å². The van der Waals surface area contributed by atoms with Crippen molar-refractivity contribution >= 4 is 5.97 Å². The first-order valence-electron chi connectivity index (χ1n) is 10.5. The zero-order valence-corrected chi connectivity index (χ0v) is 16.8. The molecule has 0 saturated heterocycles. The van der Waals surface area contributed by atoms with Crippen molar-refractivity contribution in [2.75, 3.05) is 13.2 Å². The Hall–Kier alpha value is -0.910. The van der Waals surface area contributed by atoms with Gasteiger partial charge in [-0.1, -0.05) is 19.9 Å². The molecule has 3 saturated carbocycles. The molecule has 0 aromatic heterocycles. The molecule has 0 aliphatic heterocycles. The quantitative estimate of drug-likeness (QED) is 0.519. The molecule has 4 rings (SSSR count). The van der Waals surface area contributed by atoms with Gasteiger partial charge in [-0.25, -0.2) is 0 Å². The maximum atomic E-state index is 11.5. The van der Waals surface area contributed by atoms with Crippen LogP contribution in [-0.2, 0) is 9.53 Å². The van der Waals surface area contributed by atoms with Crippen molar-refractivity contribution in [3.63, 3.8) is 0 Å². The standard InChI is InChI=1S/C22H34O5/c1-13(24)27-12-21(3)17-8-19(26)22-9-14(15(10-22)11-23)4-5-16(22)20(17,2)7-6-18(21)25/h10,14,16-19,23,25-26H,4-9,11-12H2,1-3H3/t14-,16-,17+,18-,19+,20+,21-,22-/m1/s1. The average Bonchev–Trinajstić information content (AvgIpc) is 2.91. The van der Waals surface area contributed by atoms with Gasteiger partial charge in [0.1, 0.15) is 0 Å². The minimum Gasteiger partial charge on any atom is -0.465 e. The molecule has 5 heteroatoms. The summed E-state index contributed by atoms with van der Waals surface area (Å²) in [5.41, 5.74) is 0.314. The van der Waals surface area contributed by atoms with Gasteiger partial charge in [-0.05, 0) is 67.3 Å². The van der Waals surface area contributed by atoms with Crippen LogP contribution < -0.4 is 0 Å². The third kappa shape index (κ3) is 2.57. The first-order valence-corrected chi connectivity index (χ1v) is 10.5. The third-order valence-electron chi connectivity index (χ3n) is 8.99. The summed E-state index contributed by atoms with van der Waals surface area (Å²) in [5, 5.41) is 32.0. The number of ether oxygens (including phenoxy) is 1. The van der Waals surface area contributed by atoms with E-state index in [4.69, 9.17) is 4.74 Å². The van der Waals surface area contributed by atoms with Crippen LogP contribution >= 0.6 is 0 Å². The highest BCUT2D eigenvalue weighted by atomic mass is 16.5. The molecule has 4 aliphatic rings. The molecular formula is C22H34O5. The maximum Gasteiger partial charge on any atom is 0.302 e. The zero-order chi connectivity index (χ0) is 19.6. The zero-order valence-electron chi connectivity index (χ0n) is 16.8. The molecule has 3 fully saturated rings. The SMILES string of the molecule is CC(=O)OC[C@]1(C)[C@H]2C[C@H](O)[C@]34C=C(CO)[C@H](CC[C@@H]3[C@]2(C)CC[C@H]1O)C4. The lowest BCUT2D eigenvalue weighted by molar-refractivity contribution is -0.224. The minimum absolute atomic E-state index is 0.0142. The van der Waals surface area contributed by atoms with E-state index >= 15 is 0 Å². The van der Waals surface area contributed by atoms with E-state index in [0.717, 1.165) is 31.3 Å². The lowest BCUT2D eigenvalue weighted by atomic mass is 9.40. The Bertz CT molecular complexity index is 659. The van der Waals surface area contributed by atoms with Crippen LogP contribution in [0, 0.1) is 34.0 Å². The van der Waals surface area contributed by atoms with Gasteiger partial charge < -0.3 is 20.1 Å².